The van der Waals surface area contributed by atoms with Crippen molar-refractivity contribution in [2.75, 3.05) is 5.32 Å². The highest BCUT2D eigenvalue weighted by atomic mass is 127. The van der Waals surface area contributed by atoms with Crippen molar-refractivity contribution in [1.82, 2.24) is 4.72 Å². The van der Waals surface area contributed by atoms with Crippen LogP contribution in [0.4, 0.5) is 5.69 Å². The summed E-state index contributed by atoms with van der Waals surface area (Å²) in [6.45, 7) is 4.43. The van der Waals surface area contributed by atoms with Crippen molar-refractivity contribution in [1.29, 1.82) is 0 Å². The molecule has 0 aromatic heterocycles. The van der Waals surface area contributed by atoms with Gasteiger partial charge in [-0.15, -0.1) is 24.0 Å². The summed E-state index contributed by atoms with van der Waals surface area (Å²) in [4.78, 5) is 4.59. The van der Waals surface area contributed by atoms with E-state index in [-0.39, 0.29) is 34.9 Å². The minimum Gasteiger partial charge on any atom is -0.370 e. The van der Waals surface area contributed by atoms with Gasteiger partial charge in [-0.2, -0.15) is 0 Å². The summed E-state index contributed by atoms with van der Waals surface area (Å²) >= 11 is 0. The summed E-state index contributed by atoms with van der Waals surface area (Å²) in [6, 6.07) is 12.9. The van der Waals surface area contributed by atoms with E-state index in [1.807, 2.05) is 26.0 Å². The highest BCUT2D eigenvalue weighted by Crippen LogP contribution is 2.22. The first-order chi connectivity index (χ1) is 12.3. The number of hydrogen-bond acceptors (Lipinski definition) is 3. The topological polar surface area (TPSA) is 96.6 Å². The SMILES string of the molecule is Cc1cc(C)cc(NC(N)=NCc2ccc(S(=O)(=O)NC3CC3)cc2)c1.I. The number of guanidine groups is 1. The van der Waals surface area contributed by atoms with Gasteiger partial charge in [-0.05, 0) is 67.6 Å². The van der Waals surface area contributed by atoms with E-state index in [0.717, 1.165) is 35.2 Å². The van der Waals surface area contributed by atoms with Crippen LogP contribution in [0, 0.1) is 13.8 Å². The zero-order chi connectivity index (χ0) is 18.7. The van der Waals surface area contributed by atoms with Crippen molar-refractivity contribution < 1.29 is 8.42 Å². The van der Waals surface area contributed by atoms with E-state index in [0.29, 0.717) is 12.5 Å². The van der Waals surface area contributed by atoms with Gasteiger partial charge in [-0.3, -0.25) is 0 Å². The van der Waals surface area contributed by atoms with E-state index >= 15 is 0 Å². The van der Waals surface area contributed by atoms with E-state index in [4.69, 9.17) is 5.73 Å². The van der Waals surface area contributed by atoms with E-state index < -0.39 is 10.0 Å². The van der Waals surface area contributed by atoms with E-state index in [1.165, 1.54) is 0 Å². The maximum absolute atomic E-state index is 12.1. The lowest BCUT2D eigenvalue weighted by atomic mass is 10.1. The van der Waals surface area contributed by atoms with E-state index in [1.54, 1.807) is 24.3 Å². The minimum atomic E-state index is -3.42. The lowest BCUT2D eigenvalue weighted by Gasteiger charge is -2.08. The van der Waals surface area contributed by atoms with Crippen LogP contribution >= 0.6 is 24.0 Å². The fourth-order valence-electron chi connectivity index (χ4n) is 2.67. The van der Waals surface area contributed by atoms with Gasteiger partial charge in [0.05, 0.1) is 11.4 Å². The van der Waals surface area contributed by atoms with Crippen molar-refractivity contribution in [2.24, 2.45) is 10.7 Å². The molecule has 8 heteroatoms. The molecule has 0 aliphatic heterocycles. The maximum Gasteiger partial charge on any atom is 0.240 e. The van der Waals surface area contributed by atoms with Gasteiger partial charge in [0.25, 0.3) is 0 Å². The molecule has 27 heavy (non-hydrogen) atoms. The molecule has 2 aromatic carbocycles. The van der Waals surface area contributed by atoms with Crippen LogP contribution in [0.1, 0.15) is 29.5 Å². The Morgan fingerprint density at radius 3 is 2.26 bits per heavy atom. The maximum atomic E-state index is 12.1. The summed E-state index contributed by atoms with van der Waals surface area (Å²) in [5.74, 6) is 0.321. The number of rotatable bonds is 6. The Morgan fingerprint density at radius 2 is 1.70 bits per heavy atom. The molecule has 0 amide bonds. The zero-order valence-corrected chi connectivity index (χ0v) is 18.5. The van der Waals surface area contributed by atoms with Crippen molar-refractivity contribution >= 4 is 45.6 Å². The molecule has 0 spiro atoms. The fourth-order valence-corrected chi connectivity index (χ4v) is 3.98. The van der Waals surface area contributed by atoms with Gasteiger partial charge in [-0.1, -0.05) is 18.2 Å². The molecule has 1 aliphatic rings. The number of sulfonamides is 1. The van der Waals surface area contributed by atoms with Gasteiger partial charge in [0.1, 0.15) is 0 Å². The zero-order valence-electron chi connectivity index (χ0n) is 15.4. The Labute approximate surface area is 177 Å². The van der Waals surface area contributed by atoms with Gasteiger partial charge < -0.3 is 11.1 Å². The number of aliphatic imine (C=N–C) groups is 1. The molecule has 146 valence electrons. The molecule has 3 rings (SSSR count). The number of nitrogens with one attached hydrogen (secondary N) is 2. The lowest BCUT2D eigenvalue weighted by Crippen LogP contribution is -2.25. The number of nitrogens with two attached hydrogens (primary N) is 1. The number of halogens is 1. The summed E-state index contributed by atoms with van der Waals surface area (Å²) in [7, 11) is -3.42. The molecule has 1 fully saturated rings. The van der Waals surface area contributed by atoms with Crippen LogP contribution in [0.5, 0.6) is 0 Å². The van der Waals surface area contributed by atoms with Crippen LogP contribution in [-0.4, -0.2) is 20.4 Å². The standard InChI is InChI=1S/C19H24N4O2S.HI/c1-13-9-14(2)11-17(10-13)22-19(20)21-12-15-3-7-18(8-4-15)26(24,25)23-16-5-6-16;/h3-4,7-11,16,23H,5-6,12H2,1-2H3,(H3,20,21,22);1H. The second-order valence-electron chi connectivity index (χ2n) is 6.74. The van der Waals surface area contributed by atoms with Gasteiger partial charge in [0, 0.05) is 11.7 Å². The monoisotopic (exact) mass is 500 g/mol. The molecule has 1 saturated carbocycles. The third-order valence-corrected chi connectivity index (χ3v) is 5.60. The molecule has 0 atom stereocenters. The summed E-state index contributed by atoms with van der Waals surface area (Å²) in [5, 5.41) is 3.08. The molecular formula is C19H25IN4O2S. The third kappa shape index (κ3) is 6.47. The van der Waals surface area contributed by atoms with Gasteiger partial charge in [0.2, 0.25) is 10.0 Å². The van der Waals surface area contributed by atoms with Crippen molar-refractivity contribution in [3.8, 4) is 0 Å². The van der Waals surface area contributed by atoms with Crippen LogP contribution < -0.4 is 15.8 Å². The van der Waals surface area contributed by atoms with Crippen LogP contribution in [0.3, 0.4) is 0 Å². The van der Waals surface area contributed by atoms with Crippen LogP contribution in [0.25, 0.3) is 0 Å². The number of aryl methyl sites for hydroxylation is 2. The minimum absolute atomic E-state index is 0. The Kier molecular flexibility index (Phi) is 7.24. The van der Waals surface area contributed by atoms with Crippen LogP contribution in [-0.2, 0) is 16.6 Å². The number of hydrogen-bond donors (Lipinski definition) is 3. The quantitative estimate of drug-likeness (QED) is 0.322. The Bertz CT molecular complexity index is 903. The molecule has 0 heterocycles. The number of benzene rings is 2. The Balaban J connectivity index is 0.00000261. The number of anilines is 1. The third-order valence-electron chi connectivity index (χ3n) is 4.06. The second kappa shape index (κ2) is 9.03. The van der Waals surface area contributed by atoms with Gasteiger partial charge >= 0.3 is 0 Å². The number of nitrogens with zero attached hydrogens (tertiary/aromatic N) is 1. The first-order valence-electron chi connectivity index (χ1n) is 8.58. The largest absolute Gasteiger partial charge is 0.370 e. The summed E-state index contributed by atoms with van der Waals surface area (Å²) < 4.78 is 27.0. The molecule has 2 aromatic rings. The molecule has 0 bridgehead atoms. The average Bonchev–Trinajstić information content (AvgIpc) is 3.35. The lowest BCUT2D eigenvalue weighted by molar-refractivity contribution is 0.581. The average molecular weight is 500 g/mol. The predicted molar refractivity (Wildman–Crippen MR) is 120 cm³/mol. The van der Waals surface area contributed by atoms with Crippen LogP contribution in [0.15, 0.2) is 52.4 Å². The van der Waals surface area contributed by atoms with Crippen LogP contribution in [0.2, 0.25) is 0 Å². The van der Waals surface area contributed by atoms with Gasteiger partial charge in [0.15, 0.2) is 5.96 Å². The molecule has 1 aliphatic carbocycles. The smallest absolute Gasteiger partial charge is 0.240 e. The molecule has 0 radical (unpaired) electrons. The van der Waals surface area contributed by atoms with Crippen molar-refractivity contribution in [2.45, 2.75) is 44.2 Å². The molecule has 0 unspecified atom stereocenters. The Hall–Kier alpha value is -1.65. The first-order valence-corrected chi connectivity index (χ1v) is 10.1. The normalized spacial score (nSPS) is 14.5. The van der Waals surface area contributed by atoms with Crippen molar-refractivity contribution in [3.05, 3.63) is 59.2 Å². The molecule has 6 nitrogen and oxygen atoms in total. The van der Waals surface area contributed by atoms with E-state index in [2.05, 4.69) is 21.1 Å². The summed E-state index contributed by atoms with van der Waals surface area (Å²) in [6.07, 6.45) is 1.83. The van der Waals surface area contributed by atoms with Crippen molar-refractivity contribution in [3.63, 3.8) is 0 Å². The first kappa shape index (κ1) is 21.6. The predicted octanol–water partition coefficient (Wildman–Crippen LogP) is 3.29. The molecule has 0 saturated heterocycles. The fraction of sp³-hybridized carbons (Fsp3) is 0.316. The highest BCUT2D eigenvalue weighted by molar-refractivity contribution is 14.0. The van der Waals surface area contributed by atoms with Gasteiger partial charge in [-0.25, -0.2) is 18.1 Å². The Morgan fingerprint density at radius 1 is 1.11 bits per heavy atom. The molecular weight excluding hydrogens is 475 g/mol. The van der Waals surface area contributed by atoms with E-state index in [9.17, 15) is 8.42 Å². The highest BCUT2D eigenvalue weighted by Gasteiger charge is 2.27. The molecule has 4 N–H and O–H groups in total. The second-order valence-corrected chi connectivity index (χ2v) is 8.46. The summed E-state index contributed by atoms with van der Waals surface area (Å²) in [5.41, 5.74) is 10.0.